The fraction of sp³-hybridized carbons (Fsp3) is 0.938. The lowest BCUT2D eigenvalue weighted by Gasteiger charge is -2.43. The first-order valence-electron chi connectivity index (χ1n) is 7.57. The maximum Gasteiger partial charge on any atom is 0.311 e. The maximum absolute atomic E-state index is 12.4. The van der Waals surface area contributed by atoms with Gasteiger partial charge in [-0.1, -0.05) is 13.8 Å². The molecule has 2 aliphatic rings. The molecule has 0 aromatic carbocycles. The Hall–Kier alpha value is -0.570. The molecular weight excluding hydrogens is 238 g/mol. The lowest BCUT2D eigenvalue weighted by molar-refractivity contribution is -0.164. The third-order valence-corrected chi connectivity index (χ3v) is 4.86. The smallest absolute Gasteiger partial charge is 0.311 e. The molecule has 1 N–H and O–H groups in total. The van der Waals surface area contributed by atoms with Crippen LogP contribution in [0.5, 0.6) is 0 Å². The van der Waals surface area contributed by atoms with Gasteiger partial charge in [0.2, 0.25) is 0 Å². The molecular formula is C16H29NO2. The SMILES string of the molecule is CC1(C)CCC2(CC1)CNCC2C(=O)OC(C)(C)C. The standard InChI is InChI=1S/C16H29NO2/c1-14(2,3)19-13(18)12-10-17-11-16(12)8-6-15(4,5)7-9-16/h12,17H,6-11H2,1-5H3. The molecule has 1 atom stereocenters. The molecule has 1 aliphatic heterocycles. The Bertz CT molecular complexity index is 344. The Morgan fingerprint density at radius 1 is 1.16 bits per heavy atom. The van der Waals surface area contributed by atoms with Crippen LogP contribution < -0.4 is 5.32 Å². The highest BCUT2D eigenvalue weighted by molar-refractivity contribution is 5.74. The number of esters is 1. The summed E-state index contributed by atoms with van der Waals surface area (Å²) in [7, 11) is 0. The first-order valence-corrected chi connectivity index (χ1v) is 7.57. The summed E-state index contributed by atoms with van der Waals surface area (Å²) in [5.41, 5.74) is 0.207. The zero-order valence-electron chi connectivity index (χ0n) is 13.1. The summed E-state index contributed by atoms with van der Waals surface area (Å²) >= 11 is 0. The van der Waals surface area contributed by atoms with Gasteiger partial charge in [-0.3, -0.25) is 4.79 Å². The van der Waals surface area contributed by atoms with E-state index in [2.05, 4.69) is 19.2 Å². The highest BCUT2D eigenvalue weighted by Crippen LogP contribution is 2.50. The lowest BCUT2D eigenvalue weighted by atomic mass is 9.61. The molecule has 1 spiro atoms. The normalized spacial score (nSPS) is 29.4. The van der Waals surface area contributed by atoms with E-state index in [9.17, 15) is 4.79 Å². The Kier molecular flexibility index (Phi) is 3.72. The Morgan fingerprint density at radius 3 is 2.26 bits per heavy atom. The van der Waals surface area contributed by atoms with Gasteiger partial charge in [0, 0.05) is 13.1 Å². The number of nitrogens with one attached hydrogen (secondary N) is 1. The molecule has 1 saturated carbocycles. The molecule has 1 unspecified atom stereocenters. The van der Waals surface area contributed by atoms with Crippen molar-refractivity contribution < 1.29 is 9.53 Å². The maximum atomic E-state index is 12.4. The summed E-state index contributed by atoms with van der Waals surface area (Å²) in [4.78, 5) is 12.4. The van der Waals surface area contributed by atoms with Gasteiger partial charge in [-0.2, -0.15) is 0 Å². The van der Waals surface area contributed by atoms with Crippen LogP contribution in [-0.4, -0.2) is 24.7 Å². The molecule has 110 valence electrons. The van der Waals surface area contributed by atoms with Crippen molar-refractivity contribution in [3.05, 3.63) is 0 Å². The second-order valence-electron chi connectivity index (χ2n) is 8.24. The molecule has 0 bridgehead atoms. The van der Waals surface area contributed by atoms with Crippen molar-refractivity contribution in [2.75, 3.05) is 13.1 Å². The Balaban J connectivity index is 2.07. The van der Waals surface area contributed by atoms with E-state index in [4.69, 9.17) is 4.74 Å². The summed E-state index contributed by atoms with van der Waals surface area (Å²) in [6.07, 6.45) is 4.73. The minimum atomic E-state index is -0.380. The van der Waals surface area contributed by atoms with Crippen molar-refractivity contribution in [1.29, 1.82) is 0 Å². The minimum Gasteiger partial charge on any atom is -0.460 e. The summed E-state index contributed by atoms with van der Waals surface area (Å²) in [6, 6.07) is 0. The van der Waals surface area contributed by atoms with Gasteiger partial charge in [-0.15, -0.1) is 0 Å². The predicted molar refractivity (Wildman–Crippen MR) is 76.9 cm³/mol. The number of ether oxygens (including phenoxy) is 1. The van der Waals surface area contributed by atoms with Gasteiger partial charge >= 0.3 is 5.97 Å². The molecule has 2 rings (SSSR count). The Morgan fingerprint density at radius 2 is 1.74 bits per heavy atom. The third-order valence-electron chi connectivity index (χ3n) is 4.86. The topological polar surface area (TPSA) is 38.3 Å². The fourth-order valence-electron chi connectivity index (χ4n) is 3.46. The second-order valence-corrected chi connectivity index (χ2v) is 8.24. The van der Waals surface area contributed by atoms with Crippen molar-refractivity contribution in [1.82, 2.24) is 5.32 Å². The number of rotatable bonds is 1. The number of carbonyl (C=O) groups is 1. The van der Waals surface area contributed by atoms with Crippen LogP contribution in [0.25, 0.3) is 0 Å². The number of carbonyl (C=O) groups excluding carboxylic acids is 1. The molecule has 0 aromatic rings. The van der Waals surface area contributed by atoms with Crippen LogP contribution in [-0.2, 0) is 9.53 Å². The third kappa shape index (κ3) is 3.31. The van der Waals surface area contributed by atoms with Gasteiger partial charge in [-0.05, 0) is 57.3 Å². The zero-order chi connectivity index (χ0) is 14.3. The van der Waals surface area contributed by atoms with E-state index >= 15 is 0 Å². The molecule has 1 heterocycles. The molecule has 0 amide bonds. The molecule has 2 fully saturated rings. The van der Waals surface area contributed by atoms with Crippen LogP contribution in [0.1, 0.15) is 60.3 Å². The van der Waals surface area contributed by atoms with Gasteiger partial charge < -0.3 is 10.1 Å². The van der Waals surface area contributed by atoms with Gasteiger partial charge in [-0.25, -0.2) is 0 Å². The van der Waals surface area contributed by atoms with Gasteiger partial charge in [0.25, 0.3) is 0 Å². The van der Waals surface area contributed by atoms with Gasteiger partial charge in [0.05, 0.1) is 5.92 Å². The number of hydrogen-bond donors (Lipinski definition) is 1. The molecule has 1 saturated heterocycles. The lowest BCUT2D eigenvalue weighted by Crippen LogP contribution is -2.42. The summed E-state index contributed by atoms with van der Waals surface area (Å²) in [5, 5.41) is 3.43. The molecule has 3 heteroatoms. The van der Waals surface area contributed by atoms with E-state index in [1.165, 1.54) is 12.8 Å². The summed E-state index contributed by atoms with van der Waals surface area (Å²) in [5.74, 6) is 0.0417. The predicted octanol–water partition coefficient (Wildman–Crippen LogP) is 3.13. The average Bonchev–Trinajstić information content (AvgIpc) is 2.65. The summed E-state index contributed by atoms with van der Waals surface area (Å²) < 4.78 is 5.62. The highest BCUT2D eigenvalue weighted by atomic mass is 16.6. The Labute approximate surface area is 117 Å². The van der Waals surface area contributed by atoms with Crippen LogP contribution in [0.3, 0.4) is 0 Å². The molecule has 3 nitrogen and oxygen atoms in total. The first kappa shape index (κ1) is 14.8. The second kappa shape index (κ2) is 4.76. The molecule has 0 aromatic heterocycles. The summed E-state index contributed by atoms with van der Waals surface area (Å²) in [6.45, 7) is 12.3. The molecule has 19 heavy (non-hydrogen) atoms. The molecule has 0 radical (unpaired) electrons. The van der Waals surface area contributed by atoms with Crippen LogP contribution in [0.4, 0.5) is 0 Å². The van der Waals surface area contributed by atoms with Crippen LogP contribution in [0, 0.1) is 16.7 Å². The van der Waals surface area contributed by atoms with E-state index in [0.717, 1.165) is 25.9 Å². The van der Waals surface area contributed by atoms with E-state index in [1.807, 2.05) is 20.8 Å². The van der Waals surface area contributed by atoms with E-state index in [0.29, 0.717) is 5.41 Å². The van der Waals surface area contributed by atoms with E-state index in [-0.39, 0.29) is 22.9 Å². The van der Waals surface area contributed by atoms with Crippen molar-refractivity contribution in [3.63, 3.8) is 0 Å². The fourth-order valence-corrected chi connectivity index (χ4v) is 3.46. The van der Waals surface area contributed by atoms with E-state index < -0.39 is 0 Å². The van der Waals surface area contributed by atoms with Crippen molar-refractivity contribution in [2.45, 2.75) is 65.9 Å². The van der Waals surface area contributed by atoms with Crippen molar-refractivity contribution >= 4 is 5.97 Å². The monoisotopic (exact) mass is 267 g/mol. The van der Waals surface area contributed by atoms with Crippen LogP contribution in [0.2, 0.25) is 0 Å². The quantitative estimate of drug-likeness (QED) is 0.742. The number of hydrogen-bond acceptors (Lipinski definition) is 3. The largest absolute Gasteiger partial charge is 0.460 e. The van der Waals surface area contributed by atoms with Crippen LogP contribution >= 0.6 is 0 Å². The van der Waals surface area contributed by atoms with Crippen molar-refractivity contribution in [3.8, 4) is 0 Å². The first-order chi connectivity index (χ1) is 8.64. The minimum absolute atomic E-state index is 0.00259. The van der Waals surface area contributed by atoms with Gasteiger partial charge in [0.1, 0.15) is 5.60 Å². The highest BCUT2D eigenvalue weighted by Gasteiger charge is 2.50. The van der Waals surface area contributed by atoms with Crippen molar-refractivity contribution in [2.24, 2.45) is 16.7 Å². The van der Waals surface area contributed by atoms with Gasteiger partial charge in [0.15, 0.2) is 0 Å². The van der Waals surface area contributed by atoms with E-state index in [1.54, 1.807) is 0 Å². The average molecular weight is 267 g/mol. The molecule has 1 aliphatic carbocycles. The van der Waals surface area contributed by atoms with Crippen LogP contribution in [0.15, 0.2) is 0 Å². The zero-order valence-corrected chi connectivity index (χ0v) is 13.1.